The van der Waals surface area contributed by atoms with Crippen molar-refractivity contribution in [3.05, 3.63) is 59.2 Å². The number of nitrogens with zero attached hydrogens (tertiary/aromatic N) is 2. The van der Waals surface area contributed by atoms with Crippen LogP contribution in [-0.4, -0.2) is 39.4 Å². The van der Waals surface area contributed by atoms with Gasteiger partial charge in [0.25, 0.3) is 15.9 Å². The van der Waals surface area contributed by atoms with Gasteiger partial charge >= 0.3 is 0 Å². The first kappa shape index (κ1) is 20.4. The molecule has 0 radical (unpaired) electrons. The van der Waals surface area contributed by atoms with Crippen molar-refractivity contribution in [2.75, 3.05) is 24.4 Å². The van der Waals surface area contributed by atoms with Crippen molar-refractivity contribution in [2.45, 2.75) is 38.5 Å². The first-order valence-corrected chi connectivity index (χ1v) is 11.1. The van der Waals surface area contributed by atoms with Gasteiger partial charge in [0, 0.05) is 25.7 Å². The molecule has 0 N–H and O–H groups in total. The lowest BCUT2D eigenvalue weighted by Crippen LogP contribution is -2.39. The highest BCUT2D eigenvalue weighted by Crippen LogP contribution is 2.28. The molecule has 1 atom stereocenters. The predicted molar refractivity (Wildman–Crippen MR) is 112 cm³/mol. The Balaban J connectivity index is 1.92. The van der Waals surface area contributed by atoms with Gasteiger partial charge in [-0.05, 0) is 62.4 Å². The molecule has 0 saturated carbocycles. The molecule has 6 heteroatoms. The van der Waals surface area contributed by atoms with Gasteiger partial charge in [-0.2, -0.15) is 0 Å². The van der Waals surface area contributed by atoms with E-state index in [1.54, 1.807) is 36.4 Å². The third-order valence-electron chi connectivity index (χ3n) is 5.42. The molecule has 2 aromatic rings. The number of amides is 1. The van der Waals surface area contributed by atoms with Crippen LogP contribution in [0.25, 0.3) is 0 Å². The van der Waals surface area contributed by atoms with E-state index in [4.69, 9.17) is 0 Å². The predicted octanol–water partition coefficient (Wildman–Crippen LogP) is 4.00. The van der Waals surface area contributed by atoms with Crippen LogP contribution in [0.5, 0.6) is 0 Å². The Morgan fingerprint density at radius 3 is 2.43 bits per heavy atom. The quantitative estimate of drug-likeness (QED) is 0.779. The number of piperidine rings is 1. The first-order valence-electron chi connectivity index (χ1n) is 9.65. The Morgan fingerprint density at radius 2 is 1.79 bits per heavy atom. The van der Waals surface area contributed by atoms with Crippen LogP contribution in [0, 0.1) is 19.8 Å². The fraction of sp³-hybridized carbons (Fsp3) is 0.409. The molecular formula is C22H28N2O3S. The number of likely N-dealkylation sites (tertiary alicyclic amines) is 1. The molecule has 5 nitrogen and oxygen atoms in total. The Hall–Kier alpha value is -2.34. The SMILES string of the molecule is Cc1ccc(S(=O)(=O)N(C)c2cc(C(=O)N3CCCC(C)C3)ccc2C)cc1. The number of carbonyl (C=O) groups is 1. The van der Waals surface area contributed by atoms with E-state index in [9.17, 15) is 13.2 Å². The molecule has 28 heavy (non-hydrogen) atoms. The Kier molecular flexibility index (Phi) is 5.79. The second kappa shape index (κ2) is 7.95. The molecule has 3 rings (SSSR count). The third-order valence-corrected chi connectivity index (χ3v) is 7.20. The molecule has 1 amide bonds. The fourth-order valence-electron chi connectivity index (χ4n) is 3.64. The van der Waals surface area contributed by atoms with Crippen molar-refractivity contribution >= 4 is 21.6 Å². The molecule has 0 aromatic heterocycles. The van der Waals surface area contributed by atoms with Crippen molar-refractivity contribution in [2.24, 2.45) is 5.92 Å². The van der Waals surface area contributed by atoms with Crippen molar-refractivity contribution in [3.8, 4) is 0 Å². The van der Waals surface area contributed by atoms with Crippen LogP contribution in [-0.2, 0) is 10.0 Å². The zero-order chi connectivity index (χ0) is 20.5. The largest absolute Gasteiger partial charge is 0.338 e. The summed E-state index contributed by atoms with van der Waals surface area (Å²) in [7, 11) is -2.16. The van der Waals surface area contributed by atoms with E-state index in [1.165, 1.54) is 11.4 Å². The molecule has 0 spiro atoms. The maximum absolute atomic E-state index is 13.1. The van der Waals surface area contributed by atoms with Gasteiger partial charge in [0.05, 0.1) is 10.6 Å². The van der Waals surface area contributed by atoms with Crippen LogP contribution in [0.4, 0.5) is 5.69 Å². The number of hydrogen-bond acceptors (Lipinski definition) is 3. The van der Waals surface area contributed by atoms with E-state index in [-0.39, 0.29) is 10.8 Å². The second-order valence-corrected chi connectivity index (χ2v) is 9.75. The van der Waals surface area contributed by atoms with E-state index in [0.717, 1.165) is 37.1 Å². The maximum atomic E-state index is 13.1. The van der Waals surface area contributed by atoms with E-state index < -0.39 is 10.0 Å². The minimum atomic E-state index is -3.70. The number of hydrogen-bond donors (Lipinski definition) is 0. The van der Waals surface area contributed by atoms with E-state index in [2.05, 4.69) is 6.92 Å². The molecule has 0 aliphatic carbocycles. The van der Waals surface area contributed by atoms with Crippen LogP contribution in [0.1, 0.15) is 41.3 Å². The smallest absolute Gasteiger partial charge is 0.264 e. The number of sulfonamides is 1. The second-order valence-electron chi connectivity index (χ2n) is 7.79. The molecule has 1 fully saturated rings. The number of aryl methyl sites for hydroxylation is 2. The minimum absolute atomic E-state index is 0.0334. The van der Waals surface area contributed by atoms with E-state index in [0.29, 0.717) is 17.2 Å². The first-order chi connectivity index (χ1) is 13.2. The average molecular weight is 401 g/mol. The van der Waals surface area contributed by atoms with Crippen molar-refractivity contribution in [3.63, 3.8) is 0 Å². The summed E-state index contributed by atoms with van der Waals surface area (Å²) in [4.78, 5) is 15.1. The third kappa shape index (κ3) is 4.07. The van der Waals surface area contributed by atoms with Gasteiger partial charge < -0.3 is 4.90 Å². The van der Waals surface area contributed by atoms with Crippen LogP contribution in [0.2, 0.25) is 0 Å². The van der Waals surface area contributed by atoms with Crippen molar-refractivity contribution < 1.29 is 13.2 Å². The summed E-state index contributed by atoms with van der Waals surface area (Å²) < 4.78 is 27.4. The number of benzene rings is 2. The lowest BCUT2D eigenvalue weighted by Gasteiger charge is -2.31. The highest BCUT2D eigenvalue weighted by Gasteiger charge is 2.26. The van der Waals surface area contributed by atoms with Gasteiger partial charge in [-0.25, -0.2) is 8.42 Å². The molecular weight excluding hydrogens is 372 g/mol. The number of rotatable bonds is 4. The molecule has 2 aromatic carbocycles. The van der Waals surface area contributed by atoms with Crippen LogP contribution < -0.4 is 4.31 Å². The summed E-state index contributed by atoms with van der Waals surface area (Å²) in [6, 6.07) is 12.1. The lowest BCUT2D eigenvalue weighted by atomic mass is 9.99. The molecule has 1 aliphatic rings. The summed E-state index contributed by atoms with van der Waals surface area (Å²) >= 11 is 0. The average Bonchev–Trinajstić information content (AvgIpc) is 2.67. The van der Waals surface area contributed by atoms with Gasteiger partial charge in [0.15, 0.2) is 0 Å². The number of anilines is 1. The van der Waals surface area contributed by atoms with Gasteiger partial charge in [0.2, 0.25) is 0 Å². The van der Waals surface area contributed by atoms with E-state index >= 15 is 0 Å². The highest BCUT2D eigenvalue weighted by atomic mass is 32.2. The zero-order valence-electron chi connectivity index (χ0n) is 17.0. The van der Waals surface area contributed by atoms with E-state index in [1.807, 2.05) is 24.8 Å². The molecule has 1 saturated heterocycles. The monoisotopic (exact) mass is 400 g/mol. The minimum Gasteiger partial charge on any atom is -0.338 e. The van der Waals surface area contributed by atoms with Crippen LogP contribution in [0.3, 0.4) is 0 Å². The number of carbonyl (C=O) groups excluding carboxylic acids is 1. The standard InChI is InChI=1S/C22H28N2O3S/c1-16-7-11-20(12-8-16)28(26,27)23(4)21-14-19(10-9-18(21)3)22(25)24-13-5-6-17(2)15-24/h7-12,14,17H,5-6,13,15H2,1-4H3. The van der Waals surface area contributed by atoms with Crippen molar-refractivity contribution in [1.82, 2.24) is 4.90 Å². The maximum Gasteiger partial charge on any atom is 0.264 e. The zero-order valence-corrected chi connectivity index (χ0v) is 17.8. The highest BCUT2D eigenvalue weighted by molar-refractivity contribution is 7.92. The Bertz CT molecular complexity index is 968. The summed E-state index contributed by atoms with van der Waals surface area (Å²) in [6.07, 6.45) is 2.15. The topological polar surface area (TPSA) is 57.7 Å². The molecule has 1 unspecified atom stereocenters. The summed E-state index contributed by atoms with van der Waals surface area (Å²) in [5.74, 6) is 0.459. The summed E-state index contributed by atoms with van der Waals surface area (Å²) in [5.41, 5.74) is 2.86. The normalized spacial score (nSPS) is 17.4. The Morgan fingerprint density at radius 1 is 1.11 bits per heavy atom. The van der Waals surface area contributed by atoms with Crippen molar-refractivity contribution in [1.29, 1.82) is 0 Å². The Labute approximate surface area is 168 Å². The molecule has 1 aliphatic heterocycles. The van der Waals surface area contributed by atoms with Crippen LogP contribution in [0.15, 0.2) is 47.4 Å². The van der Waals surface area contributed by atoms with Gasteiger partial charge in [-0.1, -0.05) is 30.7 Å². The lowest BCUT2D eigenvalue weighted by molar-refractivity contribution is 0.0683. The van der Waals surface area contributed by atoms with Gasteiger partial charge in [-0.3, -0.25) is 9.10 Å². The molecule has 0 bridgehead atoms. The summed E-state index contributed by atoms with van der Waals surface area (Å²) in [6.45, 7) is 7.43. The van der Waals surface area contributed by atoms with Gasteiger partial charge in [0.1, 0.15) is 0 Å². The fourth-order valence-corrected chi connectivity index (χ4v) is 4.89. The molecule has 1 heterocycles. The summed E-state index contributed by atoms with van der Waals surface area (Å²) in [5, 5.41) is 0. The van der Waals surface area contributed by atoms with Crippen LogP contribution >= 0.6 is 0 Å². The van der Waals surface area contributed by atoms with Gasteiger partial charge in [-0.15, -0.1) is 0 Å². The molecule has 150 valence electrons.